The normalized spacial score (nSPS) is 28.5. The number of amides is 1. The standard InChI is InChI=1S/C18H26N2O2/c1-14-6-8-16(9-7-14)20(13-17-5-3-11-22-17)18(21)15-4-2-10-19-12-15/h2,4,10,12,14,16-17H,3,5-9,11,13H2,1H3/t14?,16?,17-/m0/s1. The second kappa shape index (κ2) is 7.23. The Kier molecular flexibility index (Phi) is 5.08. The van der Waals surface area contributed by atoms with Crippen molar-refractivity contribution in [3.63, 3.8) is 0 Å². The van der Waals surface area contributed by atoms with Crippen LogP contribution in [0.3, 0.4) is 0 Å². The number of rotatable bonds is 4. The predicted molar refractivity (Wildman–Crippen MR) is 85.7 cm³/mol. The second-order valence-corrected chi connectivity index (χ2v) is 6.75. The van der Waals surface area contributed by atoms with Crippen LogP contribution in [-0.4, -0.2) is 41.1 Å². The quantitative estimate of drug-likeness (QED) is 0.857. The van der Waals surface area contributed by atoms with E-state index in [1.807, 2.05) is 12.1 Å². The summed E-state index contributed by atoms with van der Waals surface area (Å²) in [6, 6.07) is 4.05. The van der Waals surface area contributed by atoms with Crippen molar-refractivity contribution in [2.75, 3.05) is 13.2 Å². The van der Waals surface area contributed by atoms with Gasteiger partial charge in [-0.25, -0.2) is 0 Å². The van der Waals surface area contributed by atoms with Gasteiger partial charge in [0.05, 0.1) is 11.7 Å². The van der Waals surface area contributed by atoms with Crippen LogP contribution in [0.4, 0.5) is 0 Å². The maximum absolute atomic E-state index is 12.9. The Bertz CT molecular complexity index is 477. The second-order valence-electron chi connectivity index (χ2n) is 6.75. The molecule has 2 aliphatic rings. The summed E-state index contributed by atoms with van der Waals surface area (Å²) < 4.78 is 5.77. The molecule has 0 aromatic carbocycles. The Hall–Kier alpha value is -1.42. The summed E-state index contributed by atoms with van der Waals surface area (Å²) in [5.41, 5.74) is 0.694. The summed E-state index contributed by atoms with van der Waals surface area (Å²) in [4.78, 5) is 19.1. The number of hydrogen-bond donors (Lipinski definition) is 0. The van der Waals surface area contributed by atoms with Gasteiger partial charge in [-0.05, 0) is 56.6 Å². The molecule has 1 amide bonds. The lowest BCUT2D eigenvalue weighted by Crippen LogP contribution is -2.46. The average molecular weight is 302 g/mol. The van der Waals surface area contributed by atoms with Gasteiger partial charge >= 0.3 is 0 Å². The van der Waals surface area contributed by atoms with Crippen LogP contribution in [0.1, 0.15) is 55.8 Å². The Balaban J connectivity index is 1.74. The molecule has 2 heterocycles. The van der Waals surface area contributed by atoms with Gasteiger partial charge in [-0.15, -0.1) is 0 Å². The van der Waals surface area contributed by atoms with Gasteiger partial charge in [0.2, 0.25) is 0 Å². The molecule has 120 valence electrons. The van der Waals surface area contributed by atoms with Crippen molar-refractivity contribution in [2.45, 2.75) is 57.6 Å². The molecule has 0 unspecified atom stereocenters. The van der Waals surface area contributed by atoms with Crippen LogP contribution in [0, 0.1) is 5.92 Å². The zero-order valence-corrected chi connectivity index (χ0v) is 13.4. The first-order valence-corrected chi connectivity index (χ1v) is 8.56. The van der Waals surface area contributed by atoms with E-state index in [0.717, 1.165) is 44.8 Å². The van der Waals surface area contributed by atoms with Gasteiger partial charge in [0, 0.05) is 31.6 Å². The van der Waals surface area contributed by atoms with Crippen molar-refractivity contribution in [1.82, 2.24) is 9.88 Å². The molecule has 1 aliphatic heterocycles. The van der Waals surface area contributed by atoms with Crippen molar-refractivity contribution in [3.05, 3.63) is 30.1 Å². The minimum absolute atomic E-state index is 0.114. The van der Waals surface area contributed by atoms with Gasteiger partial charge in [0.15, 0.2) is 0 Å². The third kappa shape index (κ3) is 3.67. The Morgan fingerprint density at radius 2 is 2.14 bits per heavy atom. The van der Waals surface area contributed by atoms with Gasteiger partial charge in [-0.2, -0.15) is 0 Å². The Morgan fingerprint density at radius 1 is 1.32 bits per heavy atom. The third-order valence-corrected chi connectivity index (χ3v) is 5.02. The van der Waals surface area contributed by atoms with E-state index in [4.69, 9.17) is 4.74 Å². The molecule has 4 heteroatoms. The molecule has 1 saturated heterocycles. The smallest absolute Gasteiger partial charge is 0.255 e. The summed E-state index contributed by atoms with van der Waals surface area (Å²) in [5.74, 6) is 0.900. The zero-order valence-electron chi connectivity index (χ0n) is 13.4. The van der Waals surface area contributed by atoms with Crippen molar-refractivity contribution < 1.29 is 9.53 Å². The third-order valence-electron chi connectivity index (χ3n) is 5.02. The number of pyridine rings is 1. The highest BCUT2D eigenvalue weighted by Crippen LogP contribution is 2.29. The molecule has 0 bridgehead atoms. The summed E-state index contributed by atoms with van der Waals surface area (Å²) in [6.45, 7) is 3.87. The largest absolute Gasteiger partial charge is 0.376 e. The highest BCUT2D eigenvalue weighted by molar-refractivity contribution is 5.94. The lowest BCUT2D eigenvalue weighted by molar-refractivity contribution is 0.0341. The molecule has 0 N–H and O–H groups in total. The minimum atomic E-state index is 0.114. The van der Waals surface area contributed by atoms with E-state index in [2.05, 4.69) is 16.8 Å². The van der Waals surface area contributed by atoms with E-state index in [1.54, 1.807) is 12.4 Å². The first kappa shape index (κ1) is 15.5. The fourth-order valence-corrected chi connectivity index (χ4v) is 3.61. The van der Waals surface area contributed by atoms with E-state index in [0.29, 0.717) is 11.6 Å². The number of carbonyl (C=O) groups is 1. The van der Waals surface area contributed by atoms with Gasteiger partial charge in [0.25, 0.3) is 5.91 Å². The lowest BCUT2D eigenvalue weighted by Gasteiger charge is -2.37. The van der Waals surface area contributed by atoms with E-state index in [9.17, 15) is 4.79 Å². The SMILES string of the molecule is CC1CCC(N(C[C@@H]2CCCO2)C(=O)c2cccnc2)CC1. The van der Waals surface area contributed by atoms with Gasteiger partial charge in [-0.3, -0.25) is 9.78 Å². The topological polar surface area (TPSA) is 42.4 Å². The first-order valence-electron chi connectivity index (χ1n) is 8.56. The van der Waals surface area contributed by atoms with E-state index >= 15 is 0 Å². The summed E-state index contributed by atoms with van der Waals surface area (Å²) in [7, 11) is 0. The van der Waals surface area contributed by atoms with Crippen LogP contribution in [0.25, 0.3) is 0 Å². The molecule has 0 radical (unpaired) electrons. The van der Waals surface area contributed by atoms with E-state index < -0.39 is 0 Å². The predicted octanol–water partition coefficient (Wildman–Crippen LogP) is 3.28. The van der Waals surface area contributed by atoms with Crippen LogP contribution in [0.5, 0.6) is 0 Å². The van der Waals surface area contributed by atoms with Crippen LogP contribution in [0.15, 0.2) is 24.5 Å². The van der Waals surface area contributed by atoms with Crippen LogP contribution < -0.4 is 0 Å². The molecule has 4 nitrogen and oxygen atoms in total. The van der Waals surface area contributed by atoms with Crippen LogP contribution in [0.2, 0.25) is 0 Å². The van der Waals surface area contributed by atoms with Crippen molar-refractivity contribution in [1.29, 1.82) is 0 Å². The van der Waals surface area contributed by atoms with Gasteiger partial charge < -0.3 is 9.64 Å². The van der Waals surface area contributed by atoms with Gasteiger partial charge in [0.1, 0.15) is 0 Å². The first-order chi connectivity index (χ1) is 10.7. The average Bonchev–Trinajstić information content (AvgIpc) is 3.07. The zero-order chi connectivity index (χ0) is 15.4. The molecule has 22 heavy (non-hydrogen) atoms. The van der Waals surface area contributed by atoms with Crippen LogP contribution >= 0.6 is 0 Å². The summed E-state index contributed by atoms with van der Waals surface area (Å²) in [5, 5.41) is 0. The molecule has 1 saturated carbocycles. The number of aromatic nitrogens is 1. The molecule has 1 atom stereocenters. The number of ether oxygens (including phenoxy) is 1. The van der Waals surface area contributed by atoms with Crippen molar-refractivity contribution >= 4 is 5.91 Å². The highest BCUT2D eigenvalue weighted by Gasteiger charge is 2.31. The van der Waals surface area contributed by atoms with E-state index in [1.165, 1.54) is 12.8 Å². The van der Waals surface area contributed by atoms with Crippen LogP contribution in [-0.2, 0) is 4.74 Å². The molecular formula is C18H26N2O2. The monoisotopic (exact) mass is 302 g/mol. The lowest BCUT2D eigenvalue weighted by atomic mass is 9.86. The summed E-state index contributed by atoms with van der Waals surface area (Å²) in [6.07, 6.45) is 10.4. The Labute approximate surface area is 132 Å². The molecule has 1 aromatic rings. The Morgan fingerprint density at radius 3 is 2.77 bits per heavy atom. The molecule has 1 aliphatic carbocycles. The molecule has 3 rings (SSSR count). The maximum atomic E-state index is 12.9. The molecule has 0 spiro atoms. The maximum Gasteiger partial charge on any atom is 0.255 e. The number of carbonyl (C=O) groups excluding carboxylic acids is 1. The fraction of sp³-hybridized carbons (Fsp3) is 0.667. The molecule has 1 aromatic heterocycles. The minimum Gasteiger partial charge on any atom is -0.376 e. The summed E-state index contributed by atoms with van der Waals surface area (Å²) >= 11 is 0. The fourth-order valence-electron chi connectivity index (χ4n) is 3.61. The number of nitrogens with zero attached hydrogens (tertiary/aromatic N) is 2. The number of hydrogen-bond acceptors (Lipinski definition) is 3. The van der Waals surface area contributed by atoms with Crippen molar-refractivity contribution in [2.24, 2.45) is 5.92 Å². The van der Waals surface area contributed by atoms with E-state index in [-0.39, 0.29) is 12.0 Å². The van der Waals surface area contributed by atoms with Crippen molar-refractivity contribution in [3.8, 4) is 0 Å². The molecular weight excluding hydrogens is 276 g/mol. The van der Waals surface area contributed by atoms with Gasteiger partial charge in [-0.1, -0.05) is 6.92 Å². The molecule has 2 fully saturated rings. The highest BCUT2D eigenvalue weighted by atomic mass is 16.5.